The Bertz CT molecular complexity index is 1080. The number of rotatable bonds is 4. The van der Waals surface area contributed by atoms with Crippen molar-refractivity contribution in [2.45, 2.75) is 18.4 Å². The van der Waals surface area contributed by atoms with Crippen LogP contribution in [0.15, 0.2) is 97.1 Å². The average Bonchev–Trinajstić information content (AvgIpc) is 3.28. The summed E-state index contributed by atoms with van der Waals surface area (Å²) in [6, 6.07) is 27.0. The minimum absolute atomic E-state index is 0.0420. The Balaban J connectivity index is 1.44. The van der Waals surface area contributed by atoms with Crippen LogP contribution in [0.4, 0.5) is 5.69 Å². The number of carbonyl (C=O) groups excluding carboxylic acids is 1. The Hall–Kier alpha value is -3.39. The number of anilines is 1. The van der Waals surface area contributed by atoms with Gasteiger partial charge in [0.15, 0.2) is 5.78 Å². The molecule has 0 amide bonds. The molecule has 3 aromatic carbocycles. The Morgan fingerprint density at radius 2 is 1.69 bits per heavy atom. The van der Waals surface area contributed by atoms with E-state index in [-0.39, 0.29) is 5.78 Å². The van der Waals surface area contributed by atoms with E-state index in [0.29, 0.717) is 17.9 Å². The van der Waals surface area contributed by atoms with E-state index in [9.17, 15) is 4.79 Å². The van der Waals surface area contributed by atoms with Gasteiger partial charge in [0, 0.05) is 17.2 Å². The predicted octanol–water partition coefficient (Wildman–Crippen LogP) is 6.41. The maximum absolute atomic E-state index is 12.8. The van der Waals surface area contributed by atoms with Crippen molar-refractivity contribution in [3.63, 3.8) is 0 Å². The molecule has 1 N–H and O–H groups in total. The zero-order valence-corrected chi connectivity index (χ0v) is 16.2. The molecular weight excluding hydrogens is 354 g/mol. The molecule has 0 spiro atoms. The van der Waals surface area contributed by atoms with Gasteiger partial charge in [-0.15, -0.1) is 0 Å². The summed E-state index contributed by atoms with van der Waals surface area (Å²) in [6.07, 6.45) is 9.20. The smallest absolute Gasteiger partial charge is 0.185 e. The summed E-state index contributed by atoms with van der Waals surface area (Å²) in [6.45, 7) is 0. The number of hydrogen-bond acceptors (Lipinski definition) is 2. The molecule has 2 nitrogen and oxygen atoms in total. The van der Waals surface area contributed by atoms with Gasteiger partial charge in [-0.05, 0) is 53.3 Å². The number of fused-ring (bicyclic) bond motifs is 3. The van der Waals surface area contributed by atoms with Crippen molar-refractivity contribution in [2.24, 2.45) is 5.92 Å². The first-order chi connectivity index (χ1) is 14.3. The molecule has 2 heteroatoms. The highest BCUT2D eigenvalue weighted by Crippen LogP contribution is 2.49. The van der Waals surface area contributed by atoms with Crippen molar-refractivity contribution in [3.05, 3.63) is 119 Å². The van der Waals surface area contributed by atoms with Gasteiger partial charge in [-0.25, -0.2) is 0 Å². The highest BCUT2D eigenvalue weighted by Gasteiger charge is 2.37. The third-order valence-corrected chi connectivity index (χ3v) is 6.03. The molecule has 5 rings (SSSR count). The quantitative estimate of drug-likeness (QED) is 0.323. The van der Waals surface area contributed by atoms with Crippen molar-refractivity contribution in [1.82, 2.24) is 0 Å². The number of allylic oxidation sites excluding steroid dienone is 3. The molecule has 0 saturated heterocycles. The van der Waals surface area contributed by atoms with Crippen molar-refractivity contribution in [3.8, 4) is 0 Å². The van der Waals surface area contributed by atoms with Crippen LogP contribution in [0.3, 0.4) is 0 Å². The Kier molecular flexibility index (Phi) is 4.61. The second kappa shape index (κ2) is 7.56. The fourth-order valence-corrected chi connectivity index (χ4v) is 4.57. The summed E-state index contributed by atoms with van der Waals surface area (Å²) < 4.78 is 0. The summed E-state index contributed by atoms with van der Waals surface area (Å²) in [4.78, 5) is 12.8. The van der Waals surface area contributed by atoms with Gasteiger partial charge in [-0.2, -0.15) is 0 Å². The summed E-state index contributed by atoms with van der Waals surface area (Å²) in [7, 11) is 0. The van der Waals surface area contributed by atoms with E-state index in [4.69, 9.17) is 0 Å². The highest BCUT2D eigenvalue weighted by atomic mass is 16.1. The van der Waals surface area contributed by atoms with E-state index >= 15 is 0 Å². The number of benzene rings is 3. The number of carbonyl (C=O) groups is 1. The van der Waals surface area contributed by atoms with Crippen molar-refractivity contribution < 1.29 is 4.79 Å². The standard InChI is InChI=1S/C27H23NO/c29-26(17-14-19-8-3-1-4-9-19)21-15-16-25-24(18-21)22-12-7-13-23(22)27(28-25)20-10-5-2-6-11-20/h1-12,14-18,22-23,27-28H,13H2. The average molecular weight is 377 g/mol. The minimum atomic E-state index is 0.0420. The van der Waals surface area contributed by atoms with Crippen LogP contribution in [0.25, 0.3) is 6.08 Å². The molecule has 29 heavy (non-hydrogen) atoms. The molecule has 3 aromatic rings. The lowest BCUT2D eigenvalue weighted by Crippen LogP contribution is -2.29. The second-order valence-corrected chi connectivity index (χ2v) is 7.80. The molecule has 0 aromatic heterocycles. The Morgan fingerprint density at radius 3 is 2.48 bits per heavy atom. The molecular formula is C27H23NO. The van der Waals surface area contributed by atoms with Gasteiger partial charge in [-0.3, -0.25) is 4.79 Å². The maximum atomic E-state index is 12.8. The molecule has 0 saturated carbocycles. The third kappa shape index (κ3) is 3.42. The SMILES string of the molecule is O=C(C=Cc1ccccc1)c1ccc2c(c1)C1C=CCC1C(c1ccccc1)N2. The van der Waals surface area contributed by atoms with Gasteiger partial charge in [0.2, 0.25) is 0 Å². The zero-order valence-electron chi connectivity index (χ0n) is 16.2. The summed E-state index contributed by atoms with van der Waals surface area (Å²) in [5.74, 6) is 0.873. The van der Waals surface area contributed by atoms with Crippen LogP contribution in [0, 0.1) is 5.92 Å². The van der Waals surface area contributed by atoms with Gasteiger partial charge in [0.1, 0.15) is 0 Å². The molecule has 142 valence electrons. The van der Waals surface area contributed by atoms with Crippen molar-refractivity contribution in [1.29, 1.82) is 0 Å². The van der Waals surface area contributed by atoms with E-state index in [1.807, 2.05) is 42.5 Å². The van der Waals surface area contributed by atoms with E-state index < -0.39 is 0 Å². The lowest BCUT2D eigenvalue weighted by Gasteiger charge is -2.37. The van der Waals surface area contributed by atoms with Crippen LogP contribution >= 0.6 is 0 Å². The van der Waals surface area contributed by atoms with E-state index in [0.717, 1.165) is 23.2 Å². The van der Waals surface area contributed by atoms with Crippen molar-refractivity contribution >= 4 is 17.5 Å². The lowest BCUT2D eigenvalue weighted by molar-refractivity contribution is 0.104. The fraction of sp³-hybridized carbons (Fsp3) is 0.148. The number of nitrogens with one attached hydrogen (secondary N) is 1. The van der Waals surface area contributed by atoms with Gasteiger partial charge >= 0.3 is 0 Å². The van der Waals surface area contributed by atoms with Crippen LogP contribution in [0.1, 0.15) is 45.4 Å². The summed E-state index contributed by atoms with van der Waals surface area (Å²) in [5.41, 5.74) is 5.47. The normalized spacial score (nSPS) is 22.1. The first-order valence-electron chi connectivity index (χ1n) is 10.2. The van der Waals surface area contributed by atoms with Crippen molar-refractivity contribution in [2.75, 3.05) is 5.32 Å². The molecule has 0 bridgehead atoms. The largest absolute Gasteiger partial charge is 0.378 e. The van der Waals surface area contributed by atoms with Gasteiger partial charge in [-0.1, -0.05) is 78.9 Å². The molecule has 3 atom stereocenters. The van der Waals surface area contributed by atoms with Gasteiger partial charge < -0.3 is 5.32 Å². The van der Waals surface area contributed by atoms with Crippen LogP contribution in [-0.2, 0) is 0 Å². The molecule has 3 unspecified atom stereocenters. The topological polar surface area (TPSA) is 29.1 Å². The van der Waals surface area contributed by atoms with Crippen LogP contribution < -0.4 is 5.32 Å². The lowest BCUT2D eigenvalue weighted by atomic mass is 9.76. The summed E-state index contributed by atoms with van der Waals surface area (Å²) in [5, 5.41) is 3.74. The zero-order chi connectivity index (χ0) is 19.6. The molecule has 1 aliphatic heterocycles. The van der Waals surface area contributed by atoms with E-state index in [2.05, 4.69) is 59.9 Å². The van der Waals surface area contributed by atoms with Crippen LogP contribution in [0.5, 0.6) is 0 Å². The Labute approximate surface area is 171 Å². The number of hydrogen-bond donors (Lipinski definition) is 1. The number of ketones is 1. The van der Waals surface area contributed by atoms with Gasteiger partial charge in [0.25, 0.3) is 0 Å². The fourth-order valence-electron chi connectivity index (χ4n) is 4.57. The molecule has 1 aliphatic carbocycles. The monoisotopic (exact) mass is 377 g/mol. The van der Waals surface area contributed by atoms with Crippen LogP contribution in [0.2, 0.25) is 0 Å². The minimum Gasteiger partial charge on any atom is -0.378 e. The maximum Gasteiger partial charge on any atom is 0.185 e. The second-order valence-electron chi connectivity index (χ2n) is 7.80. The van der Waals surface area contributed by atoms with E-state index in [1.165, 1.54) is 11.1 Å². The van der Waals surface area contributed by atoms with Crippen LogP contribution in [-0.4, -0.2) is 5.78 Å². The first kappa shape index (κ1) is 17.7. The third-order valence-electron chi connectivity index (χ3n) is 6.03. The Morgan fingerprint density at radius 1 is 0.931 bits per heavy atom. The molecule has 1 heterocycles. The molecule has 0 radical (unpaired) electrons. The predicted molar refractivity (Wildman–Crippen MR) is 119 cm³/mol. The van der Waals surface area contributed by atoms with E-state index in [1.54, 1.807) is 6.08 Å². The highest BCUT2D eigenvalue weighted by molar-refractivity contribution is 6.07. The van der Waals surface area contributed by atoms with Gasteiger partial charge in [0.05, 0.1) is 6.04 Å². The molecule has 2 aliphatic rings. The first-order valence-corrected chi connectivity index (χ1v) is 10.2. The molecule has 0 fully saturated rings. The summed E-state index contributed by atoms with van der Waals surface area (Å²) >= 11 is 0.